The van der Waals surface area contributed by atoms with Gasteiger partial charge in [-0.05, 0) is 44.4 Å². The molecule has 0 aliphatic carbocycles. The standard InChI is InChI=1S/C17H25N3O/c21-17-7-6-15(19-17)8-11-18-14-9-12-20(13-10-14)16-4-2-1-3-5-16/h1-5,14-15,18H,6-13H2,(H,19,21). The first kappa shape index (κ1) is 14.4. The molecule has 0 aromatic heterocycles. The molecular weight excluding hydrogens is 262 g/mol. The molecule has 2 aliphatic heterocycles. The van der Waals surface area contributed by atoms with E-state index in [0.717, 1.165) is 32.5 Å². The molecule has 2 heterocycles. The van der Waals surface area contributed by atoms with Gasteiger partial charge in [0.1, 0.15) is 0 Å². The van der Waals surface area contributed by atoms with Gasteiger partial charge in [0.2, 0.25) is 5.91 Å². The summed E-state index contributed by atoms with van der Waals surface area (Å²) in [6.45, 7) is 3.27. The van der Waals surface area contributed by atoms with Crippen molar-refractivity contribution in [3.8, 4) is 0 Å². The Bertz CT molecular complexity index is 454. The monoisotopic (exact) mass is 287 g/mol. The van der Waals surface area contributed by atoms with Crippen LogP contribution in [0, 0.1) is 0 Å². The van der Waals surface area contributed by atoms with Crippen molar-refractivity contribution in [1.29, 1.82) is 0 Å². The van der Waals surface area contributed by atoms with Crippen molar-refractivity contribution in [1.82, 2.24) is 10.6 Å². The van der Waals surface area contributed by atoms with Crippen molar-refractivity contribution in [2.75, 3.05) is 24.5 Å². The zero-order chi connectivity index (χ0) is 14.5. The number of nitrogens with one attached hydrogen (secondary N) is 2. The number of para-hydroxylation sites is 1. The molecule has 0 bridgehead atoms. The van der Waals surface area contributed by atoms with E-state index in [4.69, 9.17) is 0 Å². The van der Waals surface area contributed by atoms with Gasteiger partial charge in [0.15, 0.2) is 0 Å². The first-order valence-electron chi connectivity index (χ1n) is 8.14. The minimum Gasteiger partial charge on any atom is -0.371 e. The second-order valence-corrected chi connectivity index (χ2v) is 6.14. The van der Waals surface area contributed by atoms with Crippen LogP contribution >= 0.6 is 0 Å². The van der Waals surface area contributed by atoms with Gasteiger partial charge >= 0.3 is 0 Å². The average molecular weight is 287 g/mol. The Morgan fingerprint density at radius 1 is 1.14 bits per heavy atom. The molecule has 4 heteroatoms. The molecule has 2 aliphatic rings. The summed E-state index contributed by atoms with van der Waals surface area (Å²) >= 11 is 0. The van der Waals surface area contributed by atoms with E-state index in [-0.39, 0.29) is 5.91 Å². The summed E-state index contributed by atoms with van der Waals surface area (Å²) < 4.78 is 0. The predicted octanol–water partition coefficient (Wildman–Crippen LogP) is 1.91. The molecule has 0 saturated carbocycles. The summed E-state index contributed by atoms with van der Waals surface area (Å²) in [7, 11) is 0. The molecule has 2 saturated heterocycles. The minimum atomic E-state index is 0.219. The van der Waals surface area contributed by atoms with Crippen LogP contribution in [0.1, 0.15) is 32.1 Å². The number of piperidine rings is 1. The van der Waals surface area contributed by atoms with Crippen LogP contribution < -0.4 is 15.5 Å². The Balaban J connectivity index is 1.35. The van der Waals surface area contributed by atoms with Crippen molar-refractivity contribution in [3.05, 3.63) is 30.3 Å². The van der Waals surface area contributed by atoms with E-state index in [1.54, 1.807) is 0 Å². The number of carbonyl (C=O) groups excluding carboxylic acids is 1. The van der Waals surface area contributed by atoms with Gasteiger partial charge in [-0.2, -0.15) is 0 Å². The zero-order valence-corrected chi connectivity index (χ0v) is 12.6. The maximum atomic E-state index is 11.2. The molecule has 4 nitrogen and oxygen atoms in total. The lowest BCUT2D eigenvalue weighted by Gasteiger charge is -2.34. The quantitative estimate of drug-likeness (QED) is 0.869. The maximum Gasteiger partial charge on any atom is 0.220 e. The van der Waals surface area contributed by atoms with Gasteiger partial charge in [-0.25, -0.2) is 0 Å². The van der Waals surface area contributed by atoms with E-state index in [2.05, 4.69) is 45.9 Å². The molecule has 1 aromatic rings. The smallest absolute Gasteiger partial charge is 0.220 e. The molecule has 3 rings (SSSR count). The Kier molecular flexibility index (Phi) is 4.76. The molecule has 2 N–H and O–H groups in total. The third-order valence-electron chi connectivity index (χ3n) is 4.63. The highest BCUT2D eigenvalue weighted by molar-refractivity contribution is 5.78. The SMILES string of the molecule is O=C1CCC(CCNC2CCN(c3ccccc3)CC2)N1. The molecule has 1 amide bonds. The molecule has 2 fully saturated rings. The molecule has 114 valence electrons. The van der Waals surface area contributed by atoms with Gasteiger partial charge in [-0.1, -0.05) is 18.2 Å². The van der Waals surface area contributed by atoms with Gasteiger partial charge in [-0.15, -0.1) is 0 Å². The second-order valence-electron chi connectivity index (χ2n) is 6.14. The number of anilines is 1. The summed E-state index contributed by atoms with van der Waals surface area (Å²) in [5, 5.41) is 6.69. The van der Waals surface area contributed by atoms with Crippen LogP contribution in [0.4, 0.5) is 5.69 Å². The second kappa shape index (κ2) is 6.94. The molecule has 1 unspecified atom stereocenters. The van der Waals surface area contributed by atoms with E-state index in [1.165, 1.54) is 18.5 Å². The average Bonchev–Trinajstić information content (AvgIpc) is 2.94. The third-order valence-corrected chi connectivity index (χ3v) is 4.63. The topological polar surface area (TPSA) is 44.4 Å². The van der Waals surface area contributed by atoms with Gasteiger partial charge in [0, 0.05) is 37.3 Å². The Morgan fingerprint density at radius 2 is 1.90 bits per heavy atom. The first-order chi connectivity index (χ1) is 10.3. The van der Waals surface area contributed by atoms with Crippen LogP contribution in [-0.2, 0) is 4.79 Å². The lowest BCUT2D eigenvalue weighted by molar-refractivity contribution is -0.119. The fourth-order valence-electron chi connectivity index (χ4n) is 3.34. The van der Waals surface area contributed by atoms with Crippen LogP contribution in [0.2, 0.25) is 0 Å². The zero-order valence-electron chi connectivity index (χ0n) is 12.6. The molecule has 0 radical (unpaired) electrons. The van der Waals surface area contributed by atoms with E-state index in [1.807, 2.05) is 0 Å². The number of hydrogen-bond donors (Lipinski definition) is 2. The van der Waals surface area contributed by atoms with Crippen LogP contribution in [0.15, 0.2) is 30.3 Å². The summed E-state index contributed by atoms with van der Waals surface area (Å²) in [4.78, 5) is 13.6. The lowest BCUT2D eigenvalue weighted by atomic mass is 10.0. The molecule has 21 heavy (non-hydrogen) atoms. The van der Waals surface area contributed by atoms with E-state index >= 15 is 0 Å². The lowest BCUT2D eigenvalue weighted by Crippen LogP contribution is -2.43. The van der Waals surface area contributed by atoms with Crippen molar-refractivity contribution in [2.45, 2.75) is 44.2 Å². The summed E-state index contributed by atoms with van der Waals surface area (Å²) in [6.07, 6.45) is 5.18. The first-order valence-corrected chi connectivity index (χ1v) is 8.14. The molecule has 0 spiro atoms. The van der Waals surface area contributed by atoms with Crippen molar-refractivity contribution in [2.24, 2.45) is 0 Å². The van der Waals surface area contributed by atoms with Gasteiger partial charge < -0.3 is 15.5 Å². The highest BCUT2D eigenvalue weighted by Crippen LogP contribution is 2.19. The highest BCUT2D eigenvalue weighted by atomic mass is 16.1. The van der Waals surface area contributed by atoms with Gasteiger partial charge in [0.05, 0.1) is 0 Å². The number of hydrogen-bond acceptors (Lipinski definition) is 3. The van der Waals surface area contributed by atoms with Crippen molar-refractivity contribution >= 4 is 11.6 Å². The fourth-order valence-corrected chi connectivity index (χ4v) is 3.34. The van der Waals surface area contributed by atoms with Crippen LogP contribution in [0.5, 0.6) is 0 Å². The van der Waals surface area contributed by atoms with Gasteiger partial charge in [-0.3, -0.25) is 4.79 Å². The van der Waals surface area contributed by atoms with Gasteiger partial charge in [0.25, 0.3) is 0 Å². The molecule has 1 atom stereocenters. The molecule has 1 aromatic carbocycles. The fraction of sp³-hybridized carbons (Fsp3) is 0.588. The maximum absolute atomic E-state index is 11.2. The summed E-state index contributed by atoms with van der Waals surface area (Å²) in [5.41, 5.74) is 1.34. The number of nitrogens with zero attached hydrogens (tertiary/aromatic N) is 1. The largest absolute Gasteiger partial charge is 0.371 e. The predicted molar refractivity (Wildman–Crippen MR) is 85.5 cm³/mol. The number of amides is 1. The van der Waals surface area contributed by atoms with Crippen LogP contribution in [-0.4, -0.2) is 37.6 Å². The van der Waals surface area contributed by atoms with E-state index in [9.17, 15) is 4.79 Å². The van der Waals surface area contributed by atoms with Crippen LogP contribution in [0.25, 0.3) is 0 Å². The molecular formula is C17H25N3O. The summed E-state index contributed by atoms with van der Waals surface area (Å²) in [6, 6.07) is 11.7. The minimum absolute atomic E-state index is 0.219. The Hall–Kier alpha value is -1.55. The van der Waals surface area contributed by atoms with E-state index in [0.29, 0.717) is 18.5 Å². The van der Waals surface area contributed by atoms with Crippen molar-refractivity contribution < 1.29 is 4.79 Å². The highest BCUT2D eigenvalue weighted by Gasteiger charge is 2.22. The normalized spacial score (nSPS) is 23.3. The Labute approximate surface area is 126 Å². The third kappa shape index (κ3) is 3.97. The number of benzene rings is 1. The number of rotatable bonds is 5. The van der Waals surface area contributed by atoms with E-state index < -0.39 is 0 Å². The summed E-state index contributed by atoms with van der Waals surface area (Å²) in [5.74, 6) is 0.219. The number of carbonyl (C=O) groups is 1. The Morgan fingerprint density at radius 3 is 2.57 bits per heavy atom. The van der Waals surface area contributed by atoms with Crippen molar-refractivity contribution in [3.63, 3.8) is 0 Å². The van der Waals surface area contributed by atoms with Crippen LogP contribution in [0.3, 0.4) is 0 Å².